The van der Waals surface area contributed by atoms with Crippen molar-refractivity contribution in [1.82, 2.24) is 4.90 Å². The van der Waals surface area contributed by atoms with E-state index in [2.05, 4.69) is 6.07 Å². The number of rotatable bonds is 4. The van der Waals surface area contributed by atoms with Crippen LogP contribution in [0.4, 0.5) is 4.39 Å². The number of aryl methyl sites for hydroxylation is 1. The molecule has 1 aliphatic rings. The average molecular weight is 400 g/mol. The van der Waals surface area contributed by atoms with Crippen molar-refractivity contribution in [2.75, 3.05) is 6.61 Å². The van der Waals surface area contributed by atoms with Gasteiger partial charge in [0.25, 0.3) is 5.91 Å². The van der Waals surface area contributed by atoms with Gasteiger partial charge in [-0.2, -0.15) is 5.26 Å². The molecule has 0 unspecified atom stereocenters. The maximum absolute atomic E-state index is 13.6. The molecule has 1 N–H and O–H groups in total. The van der Waals surface area contributed by atoms with Gasteiger partial charge in [0, 0.05) is 11.5 Å². The van der Waals surface area contributed by atoms with Crippen LogP contribution >= 0.6 is 0 Å². The minimum Gasteiger partial charge on any atom is -0.394 e. The van der Waals surface area contributed by atoms with Crippen LogP contribution < -0.4 is 0 Å². The number of amides is 1. The molecule has 5 heteroatoms. The molecule has 1 heterocycles. The lowest BCUT2D eigenvalue weighted by Crippen LogP contribution is -2.65. The molecule has 0 aromatic heterocycles. The van der Waals surface area contributed by atoms with E-state index in [-0.39, 0.29) is 18.1 Å². The fraction of sp³-hybridized carbons (Fsp3) is 0.200. The first-order valence-corrected chi connectivity index (χ1v) is 9.80. The predicted molar refractivity (Wildman–Crippen MR) is 112 cm³/mol. The zero-order valence-corrected chi connectivity index (χ0v) is 16.5. The molecular formula is C25H21FN2O2. The highest BCUT2D eigenvalue weighted by molar-refractivity contribution is 5.96. The van der Waals surface area contributed by atoms with Crippen LogP contribution in [0.2, 0.25) is 0 Å². The van der Waals surface area contributed by atoms with E-state index in [1.807, 2.05) is 55.5 Å². The van der Waals surface area contributed by atoms with Crippen LogP contribution in [0.5, 0.6) is 0 Å². The lowest BCUT2D eigenvalue weighted by atomic mass is 9.73. The van der Waals surface area contributed by atoms with E-state index in [0.717, 1.165) is 28.3 Å². The predicted octanol–water partition coefficient (Wildman–Crippen LogP) is 4.29. The number of carbonyl (C=O) groups is 1. The van der Waals surface area contributed by atoms with Gasteiger partial charge in [0.15, 0.2) is 0 Å². The molecule has 0 bridgehead atoms. The van der Waals surface area contributed by atoms with Gasteiger partial charge in [-0.05, 0) is 41.8 Å². The number of nitriles is 1. The first-order valence-electron chi connectivity index (χ1n) is 9.80. The highest BCUT2D eigenvalue weighted by Crippen LogP contribution is 2.44. The van der Waals surface area contributed by atoms with Gasteiger partial charge >= 0.3 is 0 Å². The zero-order valence-electron chi connectivity index (χ0n) is 16.5. The zero-order chi connectivity index (χ0) is 21.3. The summed E-state index contributed by atoms with van der Waals surface area (Å²) >= 11 is 0. The number of hydrogen-bond acceptors (Lipinski definition) is 3. The van der Waals surface area contributed by atoms with Crippen LogP contribution in [0.1, 0.15) is 27.4 Å². The van der Waals surface area contributed by atoms with Crippen LogP contribution in [0, 0.1) is 24.1 Å². The maximum atomic E-state index is 13.6. The third kappa shape index (κ3) is 3.36. The van der Waals surface area contributed by atoms with Crippen LogP contribution in [0.25, 0.3) is 11.1 Å². The third-order valence-electron chi connectivity index (χ3n) is 5.72. The SMILES string of the molecule is Cc1ccc(-c2ccccc2[C@@H]2[C@H](C#N)N(C(=O)c3cccc(F)c3)[C@H]2CO)cc1. The van der Waals surface area contributed by atoms with Crippen molar-refractivity contribution >= 4 is 5.91 Å². The normalized spacial score (nSPS) is 20.3. The first kappa shape index (κ1) is 19.8. The van der Waals surface area contributed by atoms with Crippen molar-refractivity contribution in [1.29, 1.82) is 5.26 Å². The van der Waals surface area contributed by atoms with Crippen molar-refractivity contribution in [2.24, 2.45) is 0 Å². The van der Waals surface area contributed by atoms with Gasteiger partial charge in [-0.3, -0.25) is 4.79 Å². The summed E-state index contributed by atoms with van der Waals surface area (Å²) in [6.07, 6.45) is 0. The van der Waals surface area contributed by atoms with Crippen LogP contribution in [-0.4, -0.2) is 34.6 Å². The molecule has 1 fully saturated rings. The van der Waals surface area contributed by atoms with Crippen LogP contribution in [0.15, 0.2) is 72.8 Å². The molecule has 1 amide bonds. The van der Waals surface area contributed by atoms with Gasteiger partial charge in [-0.25, -0.2) is 4.39 Å². The second kappa shape index (κ2) is 8.10. The van der Waals surface area contributed by atoms with Gasteiger partial charge in [0.2, 0.25) is 0 Å². The number of benzene rings is 3. The molecule has 0 radical (unpaired) electrons. The second-order valence-corrected chi connectivity index (χ2v) is 7.53. The number of nitrogens with zero attached hydrogens (tertiary/aromatic N) is 2. The fourth-order valence-corrected chi connectivity index (χ4v) is 4.21. The molecule has 3 atom stereocenters. The monoisotopic (exact) mass is 400 g/mol. The van der Waals surface area contributed by atoms with E-state index in [1.54, 1.807) is 0 Å². The van der Waals surface area contributed by atoms with Crippen molar-refractivity contribution < 1.29 is 14.3 Å². The topological polar surface area (TPSA) is 64.3 Å². The Kier molecular flexibility index (Phi) is 5.35. The standard InChI is InChI=1S/C25H21FN2O2/c1-16-9-11-17(12-10-16)20-7-2-3-8-21(20)24-22(14-27)28(23(24)15-29)25(30)18-5-4-6-19(26)13-18/h2-13,22-24,29H,15H2,1H3/t22-,23-,24+/m0/s1. The van der Waals surface area contributed by atoms with Gasteiger partial charge in [0.1, 0.15) is 11.9 Å². The lowest BCUT2D eigenvalue weighted by Gasteiger charge is -2.52. The summed E-state index contributed by atoms with van der Waals surface area (Å²) in [6, 6.07) is 22.2. The number of likely N-dealkylation sites (tertiary alicyclic amines) is 1. The molecule has 3 aromatic rings. The maximum Gasteiger partial charge on any atom is 0.255 e. The highest BCUT2D eigenvalue weighted by Gasteiger charge is 2.52. The molecule has 3 aromatic carbocycles. The summed E-state index contributed by atoms with van der Waals surface area (Å²) < 4.78 is 13.6. The van der Waals surface area contributed by atoms with E-state index in [0.29, 0.717) is 0 Å². The Morgan fingerprint density at radius 2 is 1.83 bits per heavy atom. The van der Waals surface area contributed by atoms with Gasteiger partial charge in [-0.1, -0.05) is 60.2 Å². The highest BCUT2D eigenvalue weighted by atomic mass is 19.1. The number of halogens is 1. The summed E-state index contributed by atoms with van der Waals surface area (Å²) in [5, 5.41) is 19.9. The Labute approximate surface area is 174 Å². The van der Waals surface area contributed by atoms with E-state index >= 15 is 0 Å². The molecular weight excluding hydrogens is 379 g/mol. The molecule has 4 nitrogen and oxygen atoms in total. The number of aliphatic hydroxyl groups is 1. The van der Waals surface area contributed by atoms with Gasteiger partial charge in [-0.15, -0.1) is 0 Å². The number of aliphatic hydroxyl groups excluding tert-OH is 1. The van der Waals surface area contributed by atoms with Crippen molar-refractivity contribution in [3.05, 3.63) is 95.3 Å². The quantitative estimate of drug-likeness (QED) is 0.710. The summed E-state index contributed by atoms with van der Waals surface area (Å²) in [7, 11) is 0. The molecule has 4 rings (SSSR count). The largest absolute Gasteiger partial charge is 0.394 e. The van der Waals surface area contributed by atoms with Crippen molar-refractivity contribution in [2.45, 2.75) is 24.9 Å². The van der Waals surface area contributed by atoms with Crippen LogP contribution in [-0.2, 0) is 0 Å². The lowest BCUT2D eigenvalue weighted by molar-refractivity contribution is -0.00574. The molecule has 30 heavy (non-hydrogen) atoms. The van der Waals surface area contributed by atoms with Gasteiger partial charge in [0.05, 0.1) is 18.7 Å². The Morgan fingerprint density at radius 1 is 1.10 bits per heavy atom. The summed E-state index contributed by atoms with van der Waals surface area (Å²) in [5.74, 6) is -1.31. The number of hydrogen-bond donors (Lipinski definition) is 1. The molecule has 0 spiro atoms. The summed E-state index contributed by atoms with van der Waals surface area (Å²) in [6.45, 7) is 1.73. The summed E-state index contributed by atoms with van der Waals surface area (Å²) in [4.78, 5) is 14.4. The average Bonchev–Trinajstić information content (AvgIpc) is 2.74. The molecule has 1 aliphatic heterocycles. The Hall–Kier alpha value is -3.49. The Morgan fingerprint density at radius 3 is 2.50 bits per heavy atom. The fourth-order valence-electron chi connectivity index (χ4n) is 4.21. The van der Waals surface area contributed by atoms with Gasteiger partial charge < -0.3 is 10.0 Å². The molecule has 150 valence electrons. The van der Waals surface area contributed by atoms with Crippen LogP contribution in [0.3, 0.4) is 0 Å². The second-order valence-electron chi connectivity index (χ2n) is 7.53. The molecule has 1 saturated heterocycles. The van der Waals surface area contributed by atoms with Crippen molar-refractivity contribution in [3.63, 3.8) is 0 Å². The van der Waals surface area contributed by atoms with E-state index in [4.69, 9.17) is 0 Å². The van der Waals surface area contributed by atoms with E-state index < -0.39 is 23.8 Å². The first-order chi connectivity index (χ1) is 14.5. The minimum absolute atomic E-state index is 0.166. The Balaban J connectivity index is 1.72. The summed E-state index contributed by atoms with van der Waals surface area (Å²) in [5.41, 5.74) is 4.21. The van der Waals surface area contributed by atoms with Crippen molar-refractivity contribution in [3.8, 4) is 17.2 Å². The van der Waals surface area contributed by atoms with E-state index in [9.17, 15) is 19.6 Å². The smallest absolute Gasteiger partial charge is 0.255 e. The number of carbonyl (C=O) groups excluding carboxylic acids is 1. The minimum atomic E-state index is -0.746. The Bertz CT molecular complexity index is 1120. The molecule has 0 saturated carbocycles. The van der Waals surface area contributed by atoms with E-state index in [1.165, 1.54) is 23.1 Å². The molecule has 0 aliphatic carbocycles. The third-order valence-corrected chi connectivity index (χ3v) is 5.72.